The minimum atomic E-state index is -4.49. The molecule has 0 saturated carbocycles. The highest BCUT2D eigenvalue weighted by Crippen LogP contribution is 2.41. The summed E-state index contributed by atoms with van der Waals surface area (Å²) >= 11 is 12.4. The summed E-state index contributed by atoms with van der Waals surface area (Å²) in [5, 5.41) is 0.629. The second-order valence-corrected chi connectivity index (χ2v) is 6.38. The van der Waals surface area contributed by atoms with E-state index in [1.165, 1.54) is 35.6 Å². The first kappa shape index (κ1) is 19.4. The van der Waals surface area contributed by atoms with Crippen LogP contribution in [-0.4, -0.2) is 9.97 Å². The van der Waals surface area contributed by atoms with E-state index in [1.54, 1.807) is 12.1 Å². The van der Waals surface area contributed by atoms with Gasteiger partial charge >= 0.3 is 6.18 Å². The fraction of sp³-hybridized carbons (Fsp3) is 0.111. The lowest BCUT2D eigenvalue weighted by Crippen LogP contribution is -2.16. The summed E-state index contributed by atoms with van der Waals surface area (Å²) < 4.78 is 39.6. The molecule has 0 atom stereocenters. The van der Waals surface area contributed by atoms with Gasteiger partial charge in [0.05, 0.1) is 11.3 Å². The molecule has 0 spiro atoms. The lowest BCUT2D eigenvalue weighted by Gasteiger charge is -2.27. The summed E-state index contributed by atoms with van der Waals surface area (Å²) in [5.41, 5.74) is 6.23. The SMILES string of the molecule is NCc1c(Cl)cc(Cl)cc1N(c1cccc(C(F)(F)F)c1)c1ccncn1. The third-order valence-corrected chi connectivity index (χ3v) is 4.36. The second-order valence-electron chi connectivity index (χ2n) is 5.54. The van der Waals surface area contributed by atoms with E-state index >= 15 is 0 Å². The lowest BCUT2D eigenvalue weighted by atomic mass is 10.1. The zero-order chi connectivity index (χ0) is 19.6. The van der Waals surface area contributed by atoms with Gasteiger partial charge in [-0.05, 0) is 36.4 Å². The number of halogens is 5. The number of hydrogen-bond acceptors (Lipinski definition) is 4. The Bertz CT molecular complexity index is 949. The van der Waals surface area contributed by atoms with Gasteiger partial charge in [0.25, 0.3) is 0 Å². The van der Waals surface area contributed by atoms with Crippen LogP contribution in [0.3, 0.4) is 0 Å². The number of hydrogen-bond donors (Lipinski definition) is 1. The maximum Gasteiger partial charge on any atom is 0.416 e. The van der Waals surface area contributed by atoms with Crippen molar-refractivity contribution in [3.8, 4) is 0 Å². The van der Waals surface area contributed by atoms with Crippen LogP contribution in [-0.2, 0) is 12.7 Å². The molecule has 4 nitrogen and oxygen atoms in total. The number of rotatable bonds is 4. The molecule has 0 bridgehead atoms. The molecule has 0 unspecified atom stereocenters. The van der Waals surface area contributed by atoms with Gasteiger partial charge in [-0.1, -0.05) is 29.3 Å². The molecule has 0 fully saturated rings. The van der Waals surface area contributed by atoms with E-state index in [0.29, 0.717) is 27.1 Å². The molecule has 2 N–H and O–H groups in total. The molecule has 0 saturated heterocycles. The number of alkyl halides is 3. The van der Waals surface area contributed by atoms with Crippen molar-refractivity contribution in [3.63, 3.8) is 0 Å². The summed E-state index contributed by atoms with van der Waals surface area (Å²) in [7, 11) is 0. The molecule has 1 heterocycles. The standard InChI is InChI=1S/C18H13Cl2F3N4/c19-12-7-15(20)14(9-24)16(8-12)27(17-4-5-25-10-26-17)13-3-1-2-11(6-13)18(21,22)23/h1-8,10H,9,24H2. The third-order valence-electron chi connectivity index (χ3n) is 3.81. The highest BCUT2D eigenvalue weighted by atomic mass is 35.5. The fourth-order valence-electron chi connectivity index (χ4n) is 2.62. The molecule has 27 heavy (non-hydrogen) atoms. The van der Waals surface area contributed by atoms with E-state index < -0.39 is 11.7 Å². The first-order chi connectivity index (χ1) is 12.8. The molecule has 0 amide bonds. The Morgan fingerprint density at radius 3 is 2.48 bits per heavy atom. The van der Waals surface area contributed by atoms with E-state index in [9.17, 15) is 13.2 Å². The smallest absolute Gasteiger partial charge is 0.326 e. The van der Waals surface area contributed by atoms with Crippen molar-refractivity contribution in [1.29, 1.82) is 0 Å². The Balaban J connectivity index is 2.27. The van der Waals surface area contributed by atoms with Gasteiger partial charge in [0, 0.05) is 34.0 Å². The van der Waals surface area contributed by atoms with Crippen molar-refractivity contribution in [2.24, 2.45) is 5.73 Å². The van der Waals surface area contributed by atoms with Crippen molar-refractivity contribution in [1.82, 2.24) is 9.97 Å². The summed E-state index contributed by atoms with van der Waals surface area (Å²) in [4.78, 5) is 9.53. The average Bonchev–Trinajstić information content (AvgIpc) is 2.62. The Hall–Kier alpha value is -2.35. The van der Waals surface area contributed by atoms with Crippen molar-refractivity contribution in [2.45, 2.75) is 12.7 Å². The molecule has 0 aliphatic carbocycles. The summed E-state index contributed by atoms with van der Waals surface area (Å²) in [6, 6.07) is 9.55. The van der Waals surface area contributed by atoms with Crippen LogP contribution < -0.4 is 10.6 Å². The second kappa shape index (κ2) is 7.72. The molecule has 3 rings (SSSR count). The van der Waals surface area contributed by atoms with Gasteiger partial charge in [-0.15, -0.1) is 0 Å². The lowest BCUT2D eigenvalue weighted by molar-refractivity contribution is -0.137. The van der Waals surface area contributed by atoms with E-state index in [1.807, 2.05) is 0 Å². The Morgan fingerprint density at radius 2 is 1.85 bits per heavy atom. The van der Waals surface area contributed by atoms with Crippen molar-refractivity contribution in [2.75, 3.05) is 4.90 Å². The van der Waals surface area contributed by atoms with E-state index in [-0.39, 0.29) is 12.2 Å². The minimum absolute atomic E-state index is 0.0614. The van der Waals surface area contributed by atoms with Crippen molar-refractivity contribution in [3.05, 3.63) is 76.2 Å². The number of aromatic nitrogens is 2. The predicted molar refractivity (Wildman–Crippen MR) is 99.6 cm³/mol. The van der Waals surface area contributed by atoms with Gasteiger partial charge in [-0.2, -0.15) is 13.2 Å². The fourth-order valence-corrected chi connectivity index (χ4v) is 3.18. The quantitative estimate of drug-likeness (QED) is 0.594. The van der Waals surface area contributed by atoms with Gasteiger partial charge in [0.1, 0.15) is 12.1 Å². The minimum Gasteiger partial charge on any atom is -0.326 e. The molecule has 2 aromatic carbocycles. The molecular formula is C18H13Cl2F3N4. The number of anilines is 3. The van der Waals surface area contributed by atoms with Gasteiger partial charge in [0.2, 0.25) is 0 Å². The summed E-state index contributed by atoms with van der Waals surface area (Å²) in [5.74, 6) is 0.345. The van der Waals surface area contributed by atoms with E-state index in [4.69, 9.17) is 28.9 Å². The first-order valence-electron chi connectivity index (χ1n) is 7.72. The number of benzene rings is 2. The Kier molecular flexibility index (Phi) is 5.55. The molecule has 9 heteroatoms. The summed E-state index contributed by atoms with van der Waals surface area (Å²) in [6.07, 6.45) is -1.71. The summed E-state index contributed by atoms with van der Waals surface area (Å²) in [6.45, 7) is 0.0614. The van der Waals surface area contributed by atoms with Crippen molar-refractivity contribution < 1.29 is 13.2 Å². The van der Waals surface area contributed by atoms with Gasteiger partial charge in [-0.25, -0.2) is 9.97 Å². The zero-order valence-electron chi connectivity index (χ0n) is 13.7. The number of nitrogens with two attached hydrogens (primary N) is 1. The molecule has 140 valence electrons. The van der Waals surface area contributed by atoms with Crippen LogP contribution >= 0.6 is 23.2 Å². The van der Waals surface area contributed by atoms with Crippen LogP contribution in [0.1, 0.15) is 11.1 Å². The predicted octanol–water partition coefficient (Wildman–Crippen LogP) is 5.73. The van der Waals surface area contributed by atoms with Crippen LogP contribution in [0.5, 0.6) is 0 Å². The maximum absolute atomic E-state index is 13.2. The maximum atomic E-state index is 13.2. The topological polar surface area (TPSA) is 55.0 Å². The molecule has 1 aromatic heterocycles. The molecule has 3 aromatic rings. The molecule has 0 aliphatic heterocycles. The monoisotopic (exact) mass is 412 g/mol. The van der Waals surface area contributed by atoms with Crippen LogP contribution in [0.15, 0.2) is 55.0 Å². The van der Waals surface area contributed by atoms with E-state index in [2.05, 4.69) is 9.97 Å². The van der Waals surface area contributed by atoms with Gasteiger partial charge in [0.15, 0.2) is 0 Å². The highest BCUT2D eigenvalue weighted by molar-refractivity contribution is 6.35. The molecule has 0 aliphatic rings. The van der Waals surface area contributed by atoms with E-state index in [0.717, 1.165) is 12.1 Å². The Morgan fingerprint density at radius 1 is 1.07 bits per heavy atom. The van der Waals surface area contributed by atoms with Crippen LogP contribution in [0, 0.1) is 0 Å². The molecule has 0 radical (unpaired) electrons. The first-order valence-corrected chi connectivity index (χ1v) is 8.48. The number of nitrogens with zero attached hydrogens (tertiary/aromatic N) is 3. The Labute approximate surface area is 163 Å². The molecular weight excluding hydrogens is 400 g/mol. The largest absolute Gasteiger partial charge is 0.416 e. The van der Waals surface area contributed by atoms with Crippen LogP contribution in [0.2, 0.25) is 10.0 Å². The van der Waals surface area contributed by atoms with Crippen LogP contribution in [0.25, 0.3) is 0 Å². The van der Waals surface area contributed by atoms with Gasteiger partial charge < -0.3 is 5.73 Å². The van der Waals surface area contributed by atoms with Crippen molar-refractivity contribution >= 4 is 40.4 Å². The van der Waals surface area contributed by atoms with Gasteiger partial charge in [-0.3, -0.25) is 4.90 Å². The van der Waals surface area contributed by atoms with Crippen LogP contribution in [0.4, 0.5) is 30.4 Å². The normalized spacial score (nSPS) is 11.5. The zero-order valence-corrected chi connectivity index (χ0v) is 15.2. The average molecular weight is 413 g/mol. The third kappa shape index (κ3) is 4.16. The highest BCUT2D eigenvalue weighted by Gasteiger charge is 2.31.